The molecule has 3 atom stereocenters. The maximum absolute atomic E-state index is 12.0. The van der Waals surface area contributed by atoms with Crippen LogP contribution in [0.25, 0.3) is 0 Å². The molecule has 1 amide bonds. The minimum absolute atomic E-state index is 0.450. The lowest BCUT2D eigenvalue weighted by atomic mass is 9.89. The lowest BCUT2D eigenvalue weighted by molar-refractivity contribution is -0.124. The number of carbonyl (C=O) groups excluding carboxylic acids is 1. The molecule has 1 fully saturated rings. The van der Waals surface area contributed by atoms with Gasteiger partial charge in [0.1, 0.15) is 5.54 Å². The van der Waals surface area contributed by atoms with E-state index in [9.17, 15) is 4.79 Å². The highest BCUT2D eigenvalue weighted by Gasteiger charge is 2.40. The van der Waals surface area contributed by atoms with Gasteiger partial charge in [-0.3, -0.25) is 9.69 Å². The molecule has 2 rings (SSSR count). The summed E-state index contributed by atoms with van der Waals surface area (Å²) >= 11 is 0. The van der Waals surface area contributed by atoms with Crippen molar-refractivity contribution in [3.05, 3.63) is 35.9 Å². The number of benzene rings is 1. The van der Waals surface area contributed by atoms with Crippen LogP contribution in [-0.4, -0.2) is 29.4 Å². The van der Waals surface area contributed by atoms with Crippen LogP contribution >= 0.6 is 0 Å². The number of primary amides is 1. The van der Waals surface area contributed by atoms with Crippen LogP contribution in [0.5, 0.6) is 0 Å². The molecule has 20 heavy (non-hydrogen) atoms. The molecular weight excluding hydrogens is 250 g/mol. The zero-order chi connectivity index (χ0) is 14.8. The summed E-state index contributed by atoms with van der Waals surface area (Å²) in [5.41, 5.74) is 11.7. The van der Waals surface area contributed by atoms with Crippen LogP contribution in [0.1, 0.15) is 38.7 Å². The molecule has 1 aromatic carbocycles. The highest BCUT2D eigenvalue weighted by Crippen LogP contribution is 2.30. The van der Waals surface area contributed by atoms with E-state index in [0.717, 1.165) is 18.4 Å². The number of amides is 1. The largest absolute Gasteiger partial charge is 0.368 e. The minimum atomic E-state index is -1.12. The second kappa shape index (κ2) is 5.94. The molecule has 1 aliphatic rings. The molecule has 0 radical (unpaired) electrons. The molecular formula is C16H25N3O. The van der Waals surface area contributed by atoms with Crippen molar-refractivity contribution in [3.63, 3.8) is 0 Å². The molecule has 0 spiro atoms. The van der Waals surface area contributed by atoms with Crippen molar-refractivity contribution in [3.8, 4) is 0 Å². The van der Waals surface area contributed by atoms with Gasteiger partial charge in [0, 0.05) is 18.6 Å². The Balaban J connectivity index is 2.28. The van der Waals surface area contributed by atoms with E-state index < -0.39 is 11.4 Å². The second-order valence-electron chi connectivity index (χ2n) is 5.86. The van der Waals surface area contributed by atoms with E-state index >= 15 is 0 Å². The summed E-state index contributed by atoms with van der Waals surface area (Å²) in [4.78, 5) is 14.3. The van der Waals surface area contributed by atoms with Crippen molar-refractivity contribution in [2.45, 2.75) is 50.7 Å². The summed E-state index contributed by atoms with van der Waals surface area (Å²) in [6, 6.07) is 10.4. The van der Waals surface area contributed by atoms with Crippen LogP contribution in [0, 0.1) is 0 Å². The molecule has 0 bridgehead atoms. The standard InChI is InChI=1S/C16H25N3O/c1-3-14-10-9-12(2)19(14)11-16(18,15(17)20)13-7-5-4-6-8-13/h4-8,12,14H,3,9-11,18H2,1-2H3,(H2,17,20). The summed E-state index contributed by atoms with van der Waals surface area (Å²) in [5, 5.41) is 0. The zero-order valence-corrected chi connectivity index (χ0v) is 12.4. The first kappa shape index (κ1) is 15.0. The van der Waals surface area contributed by atoms with E-state index in [-0.39, 0.29) is 0 Å². The maximum atomic E-state index is 12.0. The van der Waals surface area contributed by atoms with Gasteiger partial charge in [-0.25, -0.2) is 0 Å². The normalized spacial score (nSPS) is 26.4. The lowest BCUT2D eigenvalue weighted by Crippen LogP contribution is -2.58. The van der Waals surface area contributed by atoms with E-state index in [2.05, 4.69) is 18.7 Å². The monoisotopic (exact) mass is 275 g/mol. The Morgan fingerprint density at radius 2 is 2.00 bits per heavy atom. The molecule has 1 aromatic rings. The summed E-state index contributed by atoms with van der Waals surface area (Å²) in [5.74, 6) is -0.461. The SMILES string of the molecule is CCC1CCC(C)N1CC(N)(C(N)=O)c1ccccc1. The molecule has 0 aromatic heterocycles. The Morgan fingerprint density at radius 3 is 2.55 bits per heavy atom. The molecule has 4 N–H and O–H groups in total. The van der Waals surface area contributed by atoms with E-state index in [1.54, 1.807) is 0 Å². The first-order valence-electron chi connectivity index (χ1n) is 7.39. The fourth-order valence-electron chi connectivity index (χ4n) is 3.18. The van der Waals surface area contributed by atoms with Gasteiger partial charge >= 0.3 is 0 Å². The van der Waals surface area contributed by atoms with Gasteiger partial charge in [-0.15, -0.1) is 0 Å². The van der Waals surface area contributed by atoms with Gasteiger partial charge in [0.2, 0.25) is 5.91 Å². The summed E-state index contributed by atoms with van der Waals surface area (Å²) in [6.07, 6.45) is 3.40. The van der Waals surface area contributed by atoms with Crippen LogP contribution in [-0.2, 0) is 10.3 Å². The van der Waals surface area contributed by atoms with Crippen molar-refractivity contribution in [1.82, 2.24) is 4.90 Å². The molecule has 1 heterocycles. The van der Waals surface area contributed by atoms with Crippen molar-refractivity contribution in [2.24, 2.45) is 11.5 Å². The summed E-state index contributed by atoms with van der Waals surface area (Å²) in [7, 11) is 0. The van der Waals surface area contributed by atoms with Crippen LogP contribution < -0.4 is 11.5 Å². The molecule has 1 aliphatic heterocycles. The minimum Gasteiger partial charge on any atom is -0.368 e. The highest BCUT2D eigenvalue weighted by molar-refractivity contribution is 5.86. The summed E-state index contributed by atoms with van der Waals surface area (Å²) in [6.45, 7) is 4.87. The number of nitrogens with zero attached hydrogens (tertiary/aromatic N) is 1. The number of likely N-dealkylation sites (tertiary alicyclic amines) is 1. The summed E-state index contributed by atoms with van der Waals surface area (Å²) < 4.78 is 0. The third kappa shape index (κ3) is 2.72. The molecule has 3 unspecified atom stereocenters. The molecule has 110 valence electrons. The van der Waals surface area contributed by atoms with E-state index in [4.69, 9.17) is 11.5 Å². The zero-order valence-electron chi connectivity index (χ0n) is 12.4. The quantitative estimate of drug-likeness (QED) is 0.857. The topological polar surface area (TPSA) is 72.3 Å². The molecule has 0 saturated carbocycles. The molecule has 4 heteroatoms. The maximum Gasteiger partial charge on any atom is 0.243 e. The first-order valence-corrected chi connectivity index (χ1v) is 7.39. The fourth-order valence-corrected chi connectivity index (χ4v) is 3.18. The Kier molecular flexibility index (Phi) is 4.45. The van der Waals surface area contributed by atoms with Crippen molar-refractivity contribution < 1.29 is 4.79 Å². The molecule has 1 saturated heterocycles. The number of hydrogen-bond acceptors (Lipinski definition) is 3. The fraction of sp³-hybridized carbons (Fsp3) is 0.562. The van der Waals surface area contributed by atoms with Crippen molar-refractivity contribution in [1.29, 1.82) is 0 Å². The molecule has 0 aliphatic carbocycles. The number of hydrogen-bond donors (Lipinski definition) is 2. The van der Waals surface area contributed by atoms with Crippen LogP contribution in [0.15, 0.2) is 30.3 Å². The Hall–Kier alpha value is -1.39. The van der Waals surface area contributed by atoms with Gasteiger partial charge in [-0.2, -0.15) is 0 Å². The van der Waals surface area contributed by atoms with Gasteiger partial charge < -0.3 is 11.5 Å². The lowest BCUT2D eigenvalue weighted by Gasteiger charge is -2.36. The number of nitrogens with two attached hydrogens (primary N) is 2. The van der Waals surface area contributed by atoms with Gasteiger partial charge in [-0.05, 0) is 31.7 Å². The Morgan fingerprint density at radius 1 is 1.35 bits per heavy atom. The van der Waals surface area contributed by atoms with Crippen molar-refractivity contribution in [2.75, 3.05) is 6.54 Å². The van der Waals surface area contributed by atoms with Gasteiger partial charge in [0.05, 0.1) is 0 Å². The van der Waals surface area contributed by atoms with Gasteiger partial charge in [-0.1, -0.05) is 37.3 Å². The number of carbonyl (C=O) groups is 1. The third-order valence-corrected chi connectivity index (χ3v) is 4.58. The molecule has 4 nitrogen and oxygen atoms in total. The van der Waals surface area contributed by atoms with Gasteiger partial charge in [0.25, 0.3) is 0 Å². The Bertz CT molecular complexity index is 462. The van der Waals surface area contributed by atoms with Gasteiger partial charge in [0.15, 0.2) is 0 Å². The predicted octanol–water partition coefficient (Wildman–Crippen LogP) is 1.59. The van der Waals surface area contributed by atoms with Crippen LogP contribution in [0.2, 0.25) is 0 Å². The van der Waals surface area contributed by atoms with E-state index in [1.165, 1.54) is 6.42 Å². The number of rotatable bonds is 5. The Labute approximate surface area is 121 Å². The van der Waals surface area contributed by atoms with Crippen LogP contribution in [0.4, 0.5) is 0 Å². The van der Waals surface area contributed by atoms with E-state index in [0.29, 0.717) is 18.6 Å². The third-order valence-electron chi connectivity index (χ3n) is 4.58. The average molecular weight is 275 g/mol. The van der Waals surface area contributed by atoms with Crippen LogP contribution in [0.3, 0.4) is 0 Å². The second-order valence-corrected chi connectivity index (χ2v) is 5.86. The smallest absolute Gasteiger partial charge is 0.243 e. The average Bonchev–Trinajstić information content (AvgIpc) is 2.80. The highest BCUT2D eigenvalue weighted by atomic mass is 16.1. The predicted molar refractivity (Wildman–Crippen MR) is 81.0 cm³/mol. The first-order chi connectivity index (χ1) is 9.49. The van der Waals surface area contributed by atoms with E-state index in [1.807, 2.05) is 30.3 Å². The van der Waals surface area contributed by atoms with Crippen molar-refractivity contribution >= 4 is 5.91 Å².